The molecule has 0 saturated carbocycles. The van der Waals surface area contributed by atoms with Gasteiger partial charge in [0.15, 0.2) is 5.78 Å². The van der Waals surface area contributed by atoms with Crippen LogP contribution >= 0.6 is 0 Å². The molecule has 1 atom stereocenters. The normalized spacial score (nSPS) is 19.3. The Morgan fingerprint density at radius 2 is 1.95 bits per heavy atom. The molecule has 3 heteroatoms. The van der Waals surface area contributed by atoms with Crippen molar-refractivity contribution in [3.8, 4) is 0 Å². The van der Waals surface area contributed by atoms with Crippen LogP contribution in [0.1, 0.15) is 36.5 Å². The minimum absolute atomic E-state index is 0.0141. The molecule has 0 aromatic heterocycles. The van der Waals surface area contributed by atoms with E-state index in [-0.39, 0.29) is 11.8 Å². The number of rotatable bonds is 5. The number of carbonyl (C=O) groups is 1. The summed E-state index contributed by atoms with van der Waals surface area (Å²) in [5.41, 5.74) is 0.822. The fourth-order valence-corrected chi connectivity index (χ4v) is 2.83. The van der Waals surface area contributed by atoms with Gasteiger partial charge in [0.2, 0.25) is 0 Å². The molecule has 0 N–H and O–H groups in total. The van der Waals surface area contributed by atoms with Gasteiger partial charge in [-0.15, -0.1) is 0 Å². The van der Waals surface area contributed by atoms with Gasteiger partial charge >= 0.3 is 0 Å². The molecule has 0 radical (unpaired) electrons. The van der Waals surface area contributed by atoms with Crippen molar-refractivity contribution in [2.75, 3.05) is 20.2 Å². The first-order chi connectivity index (χ1) is 9.26. The zero-order chi connectivity index (χ0) is 13.7. The second-order valence-electron chi connectivity index (χ2n) is 5.13. The summed E-state index contributed by atoms with van der Waals surface area (Å²) in [6.07, 6.45) is 3.27. The number of Topliss-reactive ketones (excluding diaryl/α,β-unsaturated/α-hetero) is 1. The van der Waals surface area contributed by atoms with Gasteiger partial charge in [-0.3, -0.25) is 9.69 Å². The van der Waals surface area contributed by atoms with Crippen molar-refractivity contribution in [3.05, 3.63) is 35.9 Å². The SMILES string of the molecule is CCC(C(=O)c1ccccc1)N1CCC(OC)CC1. The van der Waals surface area contributed by atoms with Crippen LogP contribution in [0.3, 0.4) is 0 Å². The van der Waals surface area contributed by atoms with E-state index in [1.807, 2.05) is 30.3 Å². The maximum Gasteiger partial charge on any atom is 0.179 e. The summed E-state index contributed by atoms with van der Waals surface area (Å²) in [6, 6.07) is 9.63. The van der Waals surface area contributed by atoms with Crippen LogP contribution in [0.2, 0.25) is 0 Å². The standard InChI is InChI=1S/C16H23NO2/c1-3-15(16(18)13-7-5-4-6-8-13)17-11-9-14(19-2)10-12-17/h4-8,14-15H,3,9-12H2,1-2H3. The fourth-order valence-electron chi connectivity index (χ4n) is 2.83. The average molecular weight is 261 g/mol. The van der Waals surface area contributed by atoms with Crippen molar-refractivity contribution >= 4 is 5.78 Å². The van der Waals surface area contributed by atoms with E-state index in [2.05, 4.69) is 11.8 Å². The average Bonchev–Trinajstić information content (AvgIpc) is 2.49. The van der Waals surface area contributed by atoms with E-state index in [9.17, 15) is 4.79 Å². The van der Waals surface area contributed by atoms with Crippen LogP contribution in [-0.2, 0) is 4.74 Å². The summed E-state index contributed by atoms with van der Waals surface area (Å²) in [5.74, 6) is 0.249. The number of methoxy groups -OCH3 is 1. The summed E-state index contributed by atoms with van der Waals surface area (Å²) >= 11 is 0. The van der Waals surface area contributed by atoms with Crippen molar-refractivity contribution in [1.82, 2.24) is 4.90 Å². The lowest BCUT2D eigenvalue weighted by Gasteiger charge is -2.36. The van der Waals surface area contributed by atoms with E-state index in [4.69, 9.17) is 4.74 Å². The highest BCUT2D eigenvalue weighted by molar-refractivity contribution is 6.00. The number of hydrogen-bond donors (Lipinski definition) is 0. The van der Waals surface area contributed by atoms with Crippen LogP contribution in [0.15, 0.2) is 30.3 Å². The number of benzene rings is 1. The molecule has 19 heavy (non-hydrogen) atoms. The molecule has 1 fully saturated rings. The quantitative estimate of drug-likeness (QED) is 0.763. The number of hydrogen-bond acceptors (Lipinski definition) is 3. The maximum absolute atomic E-state index is 12.6. The van der Waals surface area contributed by atoms with Gasteiger partial charge < -0.3 is 4.74 Å². The molecule has 0 amide bonds. The highest BCUT2D eigenvalue weighted by Crippen LogP contribution is 2.19. The van der Waals surface area contributed by atoms with Gasteiger partial charge in [0.05, 0.1) is 12.1 Å². The predicted octanol–water partition coefficient (Wildman–Crippen LogP) is 2.76. The second kappa shape index (κ2) is 6.83. The Hall–Kier alpha value is -1.19. The maximum atomic E-state index is 12.6. The van der Waals surface area contributed by atoms with Crippen LogP contribution < -0.4 is 0 Å². The number of piperidine rings is 1. The molecule has 0 bridgehead atoms. The summed E-state index contributed by atoms with van der Waals surface area (Å²) < 4.78 is 5.39. The number of ketones is 1. The van der Waals surface area contributed by atoms with Gasteiger partial charge in [0.1, 0.15) is 0 Å². The molecule has 0 aliphatic carbocycles. The van der Waals surface area contributed by atoms with Crippen molar-refractivity contribution < 1.29 is 9.53 Å². The summed E-state index contributed by atoms with van der Waals surface area (Å²) in [6.45, 7) is 4.00. The Kier molecular flexibility index (Phi) is 5.11. The second-order valence-corrected chi connectivity index (χ2v) is 5.13. The molecule has 1 aliphatic heterocycles. The van der Waals surface area contributed by atoms with E-state index in [0.717, 1.165) is 37.9 Å². The van der Waals surface area contributed by atoms with Gasteiger partial charge in [-0.25, -0.2) is 0 Å². The highest BCUT2D eigenvalue weighted by atomic mass is 16.5. The third-order valence-corrected chi connectivity index (χ3v) is 4.00. The topological polar surface area (TPSA) is 29.5 Å². The first kappa shape index (κ1) is 14.2. The van der Waals surface area contributed by atoms with Crippen molar-refractivity contribution in [1.29, 1.82) is 0 Å². The zero-order valence-electron chi connectivity index (χ0n) is 11.8. The van der Waals surface area contributed by atoms with Crippen molar-refractivity contribution in [3.63, 3.8) is 0 Å². The van der Waals surface area contributed by atoms with Gasteiger partial charge in [0, 0.05) is 25.8 Å². The van der Waals surface area contributed by atoms with Crippen LogP contribution in [0.25, 0.3) is 0 Å². The summed E-state index contributed by atoms with van der Waals surface area (Å²) in [5, 5.41) is 0. The molecule has 1 unspecified atom stereocenters. The lowest BCUT2D eigenvalue weighted by Crippen LogP contribution is -2.46. The molecular weight excluding hydrogens is 238 g/mol. The first-order valence-corrected chi connectivity index (χ1v) is 7.12. The molecule has 1 saturated heterocycles. The highest BCUT2D eigenvalue weighted by Gasteiger charge is 2.28. The lowest BCUT2D eigenvalue weighted by molar-refractivity contribution is 0.0260. The van der Waals surface area contributed by atoms with Crippen molar-refractivity contribution in [2.45, 2.75) is 38.3 Å². The van der Waals surface area contributed by atoms with Crippen LogP contribution in [0.5, 0.6) is 0 Å². The fraction of sp³-hybridized carbons (Fsp3) is 0.562. The molecule has 2 rings (SSSR count). The van der Waals surface area contributed by atoms with E-state index < -0.39 is 0 Å². The minimum Gasteiger partial charge on any atom is -0.381 e. The number of nitrogens with zero attached hydrogens (tertiary/aromatic N) is 1. The van der Waals surface area contributed by atoms with E-state index in [1.165, 1.54) is 0 Å². The van der Waals surface area contributed by atoms with Crippen LogP contribution in [0.4, 0.5) is 0 Å². The van der Waals surface area contributed by atoms with Gasteiger partial charge in [-0.2, -0.15) is 0 Å². The van der Waals surface area contributed by atoms with Gasteiger partial charge in [0.25, 0.3) is 0 Å². The molecule has 1 aromatic rings. The van der Waals surface area contributed by atoms with Crippen molar-refractivity contribution in [2.24, 2.45) is 0 Å². The molecule has 1 aromatic carbocycles. The predicted molar refractivity (Wildman–Crippen MR) is 76.5 cm³/mol. The Balaban J connectivity index is 2.02. The van der Waals surface area contributed by atoms with E-state index >= 15 is 0 Å². The molecule has 104 valence electrons. The number of likely N-dealkylation sites (tertiary alicyclic amines) is 1. The Morgan fingerprint density at radius 1 is 1.32 bits per heavy atom. The Bertz CT molecular complexity index is 396. The van der Waals surface area contributed by atoms with Gasteiger partial charge in [-0.1, -0.05) is 37.3 Å². The largest absolute Gasteiger partial charge is 0.381 e. The molecule has 1 heterocycles. The van der Waals surface area contributed by atoms with Crippen LogP contribution in [-0.4, -0.2) is 43.0 Å². The molecular formula is C16H23NO2. The van der Waals surface area contributed by atoms with E-state index in [1.54, 1.807) is 7.11 Å². The Morgan fingerprint density at radius 3 is 2.47 bits per heavy atom. The Labute approximate surface area is 115 Å². The van der Waals surface area contributed by atoms with Crippen LogP contribution in [0, 0.1) is 0 Å². The lowest BCUT2D eigenvalue weighted by atomic mass is 9.97. The monoisotopic (exact) mass is 261 g/mol. The summed E-state index contributed by atoms with van der Waals surface area (Å²) in [7, 11) is 1.77. The zero-order valence-corrected chi connectivity index (χ0v) is 11.8. The summed E-state index contributed by atoms with van der Waals surface area (Å²) in [4.78, 5) is 14.9. The number of carbonyl (C=O) groups excluding carboxylic acids is 1. The third kappa shape index (κ3) is 3.43. The molecule has 3 nitrogen and oxygen atoms in total. The van der Waals surface area contributed by atoms with Gasteiger partial charge in [-0.05, 0) is 19.3 Å². The first-order valence-electron chi connectivity index (χ1n) is 7.12. The molecule has 1 aliphatic rings. The van der Waals surface area contributed by atoms with E-state index in [0.29, 0.717) is 6.10 Å². The molecule has 0 spiro atoms. The minimum atomic E-state index is 0.0141. The smallest absolute Gasteiger partial charge is 0.179 e. The number of ether oxygens (including phenoxy) is 1. The third-order valence-electron chi connectivity index (χ3n) is 4.00.